The van der Waals surface area contributed by atoms with Crippen LogP contribution in [-0.2, 0) is 14.6 Å². The van der Waals surface area contributed by atoms with E-state index in [1.54, 1.807) is 0 Å². The molecule has 118 valence electrons. The molecule has 1 N–H and O–H groups in total. The second-order valence-electron chi connectivity index (χ2n) is 5.59. The lowest BCUT2D eigenvalue weighted by Crippen LogP contribution is -2.30. The van der Waals surface area contributed by atoms with E-state index in [9.17, 15) is 13.2 Å². The second kappa shape index (κ2) is 7.80. The van der Waals surface area contributed by atoms with Crippen LogP contribution in [0.1, 0.15) is 31.7 Å². The van der Waals surface area contributed by atoms with Crippen molar-refractivity contribution >= 4 is 27.3 Å². The highest BCUT2D eigenvalue weighted by molar-refractivity contribution is 7.90. The molecular formula is C15H22ClNO3S. The van der Waals surface area contributed by atoms with Gasteiger partial charge in [-0.2, -0.15) is 0 Å². The first-order valence-corrected chi connectivity index (χ1v) is 9.33. The quantitative estimate of drug-likeness (QED) is 0.835. The molecule has 0 fully saturated rings. The minimum atomic E-state index is -3.05. The summed E-state index contributed by atoms with van der Waals surface area (Å²) in [5, 5.41) is 3.33. The van der Waals surface area contributed by atoms with Gasteiger partial charge in [0.25, 0.3) is 0 Å². The van der Waals surface area contributed by atoms with Gasteiger partial charge in [-0.15, -0.1) is 0 Å². The minimum Gasteiger partial charge on any atom is -0.355 e. The molecule has 1 atom stereocenters. The molecule has 0 heterocycles. The average molecular weight is 332 g/mol. The summed E-state index contributed by atoms with van der Waals surface area (Å²) < 4.78 is 22.1. The predicted molar refractivity (Wildman–Crippen MR) is 86.4 cm³/mol. The van der Waals surface area contributed by atoms with Gasteiger partial charge in [-0.1, -0.05) is 37.6 Å². The van der Waals surface area contributed by atoms with Crippen LogP contribution in [-0.4, -0.2) is 32.9 Å². The Bertz CT molecular complexity index is 567. The molecule has 4 nitrogen and oxygen atoms in total. The fourth-order valence-corrected chi connectivity index (χ4v) is 2.70. The van der Waals surface area contributed by atoms with E-state index in [-0.39, 0.29) is 24.1 Å². The Morgan fingerprint density at radius 2 is 1.81 bits per heavy atom. The Hall–Kier alpha value is -1.07. The molecule has 21 heavy (non-hydrogen) atoms. The van der Waals surface area contributed by atoms with E-state index in [4.69, 9.17) is 11.6 Å². The van der Waals surface area contributed by atoms with Crippen molar-refractivity contribution in [3.63, 3.8) is 0 Å². The van der Waals surface area contributed by atoms with Crippen molar-refractivity contribution in [3.05, 3.63) is 34.9 Å². The van der Waals surface area contributed by atoms with Crippen molar-refractivity contribution in [3.8, 4) is 0 Å². The molecule has 1 rings (SSSR count). The van der Waals surface area contributed by atoms with Crippen LogP contribution in [0.25, 0.3) is 0 Å². The Balaban J connectivity index is 2.62. The second-order valence-corrected chi connectivity index (χ2v) is 8.28. The number of hydrogen-bond donors (Lipinski definition) is 1. The van der Waals surface area contributed by atoms with Gasteiger partial charge in [0.2, 0.25) is 5.91 Å². The summed E-state index contributed by atoms with van der Waals surface area (Å²) in [6, 6.07) is 7.48. The van der Waals surface area contributed by atoms with Crippen molar-refractivity contribution in [2.75, 3.05) is 18.6 Å². The first-order chi connectivity index (χ1) is 9.69. The Morgan fingerprint density at radius 1 is 1.24 bits per heavy atom. The van der Waals surface area contributed by atoms with Gasteiger partial charge in [-0.05, 0) is 29.5 Å². The van der Waals surface area contributed by atoms with E-state index in [1.165, 1.54) is 0 Å². The largest absolute Gasteiger partial charge is 0.355 e. The van der Waals surface area contributed by atoms with Gasteiger partial charge in [0.15, 0.2) is 0 Å². The summed E-state index contributed by atoms with van der Waals surface area (Å²) in [7, 11) is -3.05. The third-order valence-electron chi connectivity index (χ3n) is 3.30. The zero-order valence-corrected chi connectivity index (χ0v) is 14.2. The molecule has 0 radical (unpaired) electrons. The fourth-order valence-electron chi connectivity index (χ4n) is 2.10. The molecule has 0 aliphatic carbocycles. The van der Waals surface area contributed by atoms with Crippen LogP contribution in [0.15, 0.2) is 24.3 Å². The van der Waals surface area contributed by atoms with Crippen LogP contribution in [0.4, 0.5) is 0 Å². The van der Waals surface area contributed by atoms with Crippen molar-refractivity contribution < 1.29 is 13.2 Å². The van der Waals surface area contributed by atoms with Gasteiger partial charge in [0, 0.05) is 24.2 Å². The number of amides is 1. The Morgan fingerprint density at radius 3 is 2.29 bits per heavy atom. The van der Waals surface area contributed by atoms with Crippen LogP contribution in [0, 0.1) is 5.92 Å². The summed E-state index contributed by atoms with van der Waals surface area (Å²) in [6.07, 6.45) is 1.49. The highest BCUT2D eigenvalue weighted by Crippen LogP contribution is 2.28. The molecule has 0 aliphatic heterocycles. The molecule has 1 amide bonds. The van der Waals surface area contributed by atoms with E-state index < -0.39 is 9.84 Å². The van der Waals surface area contributed by atoms with Gasteiger partial charge in [0.1, 0.15) is 9.84 Å². The average Bonchev–Trinajstić information content (AvgIpc) is 2.35. The highest BCUT2D eigenvalue weighted by Gasteiger charge is 2.19. The van der Waals surface area contributed by atoms with Crippen LogP contribution in [0.3, 0.4) is 0 Å². The van der Waals surface area contributed by atoms with Crippen LogP contribution in [0.2, 0.25) is 5.02 Å². The van der Waals surface area contributed by atoms with Gasteiger partial charge >= 0.3 is 0 Å². The molecule has 1 aromatic carbocycles. The number of halogens is 1. The van der Waals surface area contributed by atoms with Gasteiger partial charge in [0.05, 0.1) is 5.75 Å². The van der Waals surface area contributed by atoms with Gasteiger partial charge in [-0.3, -0.25) is 4.79 Å². The third-order valence-corrected chi connectivity index (χ3v) is 4.50. The fraction of sp³-hybridized carbons (Fsp3) is 0.533. The maximum Gasteiger partial charge on any atom is 0.220 e. The summed E-state index contributed by atoms with van der Waals surface area (Å²) in [6.45, 7) is 4.27. The third kappa shape index (κ3) is 6.96. The molecule has 0 aromatic heterocycles. The zero-order chi connectivity index (χ0) is 16.0. The number of benzene rings is 1. The zero-order valence-electron chi connectivity index (χ0n) is 12.6. The van der Waals surface area contributed by atoms with Crippen LogP contribution < -0.4 is 5.32 Å². The van der Waals surface area contributed by atoms with Crippen molar-refractivity contribution in [1.29, 1.82) is 0 Å². The summed E-state index contributed by atoms with van der Waals surface area (Å²) in [5.74, 6) is 0.214. The molecule has 1 unspecified atom stereocenters. The SMILES string of the molecule is CC(C)C(CC(=O)NCCS(C)(=O)=O)c1ccc(Cl)cc1. The van der Waals surface area contributed by atoms with Gasteiger partial charge in [-0.25, -0.2) is 8.42 Å². The molecule has 0 spiro atoms. The van der Waals surface area contributed by atoms with Crippen LogP contribution >= 0.6 is 11.6 Å². The molecule has 0 aliphatic rings. The number of rotatable bonds is 7. The molecule has 6 heteroatoms. The molecule has 0 saturated carbocycles. The predicted octanol–water partition coefficient (Wildman–Crippen LogP) is 2.63. The summed E-state index contributed by atoms with van der Waals surface area (Å²) in [4.78, 5) is 12.0. The maximum absolute atomic E-state index is 12.0. The molecule has 1 aromatic rings. The number of carbonyl (C=O) groups is 1. The normalized spacial score (nSPS) is 13.2. The van der Waals surface area contributed by atoms with Crippen molar-refractivity contribution in [1.82, 2.24) is 5.32 Å². The van der Waals surface area contributed by atoms with Crippen molar-refractivity contribution in [2.45, 2.75) is 26.2 Å². The lowest BCUT2D eigenvalue weighted by Gasteiger charge is -2.21. The van der Waals surface area contributed by atoms with Crippen LogP contribution in [0.5, 0.6) is 0 Å². The molecule has 0 bridgehead atoms. The lowest BCUT2D eigenvalue weighted by atomic mass is 9.85. The monoisotopic (exact) mass is 331 g/mol. The number of carbonyl (C=O) groups excluding carboxylic acids is 1. The first kappa shape index (κ1) is 18.0. The van der Waals surface area contributed by atoms with E-state index in [0.29, 0.717) is 17.4 Å². The van der Waals surface area contributed by atoms with Gasteiger partial charge < -0.3 is 5.32 Å². The number of nitrogens with one attached hydrogen (secondary N) is 1. The minimum absolute atomic E-state index is 0.0357. The first-order valence-electron chi connectivity index (χ1n) is 6.89. The highest BCUT2D eigenvalue weighted by atomic mass is 35.5. The smallest absolute Gasteiger partial charge is 0.220 e. The summed E-state index contributed by atoms with van der Waals surface area (Å²) in [5.41, 5.74) is 1.06. The summed E-state index contributed by atoms with van der Waals surface area (Å²) >= 11 is 5.88. The molecular weight excluding hydrogens is 310 g/mol. The van der Waals surface area contributed by atoms with Crippen molar-refractivity contribution in [2.24, 2.45) is 5.92 Å². The topological polar surface area (TPSA) is 63.2 Å². The lowest BCUT2D eigenvalue weighted by molar-refractivity contribution is -0.121. The number of sulfone groups is 1. The molecule has 0 saturated heterocycles. The Labute approximate surface area is 131 Å². The van der Waals surface area contributed by atoms with E-state index >= 15 is 0 Å². The maximum atomic E-state index is 12.0. The van der Waals surface area contributed by atoms with E-state index in [2.05, 4.69) is 19.2 Å². The number of hydrogen-bond acceptors (Lipinski definition) is 3. The Kier molecular flexibility index (Phi) is 6.68. The van der Waals surface area contributed by atoms with E-state index in [1.807, 2.05) is 24.3 Å². The standard InChI is InChI=1S/C15H22ClNO3S/c1-11(2)14(12-4-6-13(16)7-5-12)10-15(18)17-8-9-21(3,19)20/h4-7,11,14H,8-10H2,1-3H3,(H,17,18). The van der Waals surface area contributed by atoms with E-state index in [0.717, 1.165) is 11.8 Å².